The molecule has 1 aromatic heterocycles. The Bertz CT molecular complexity index is 3190. The molecule has 10 aromatic carbocycles. The number of rotatable bonds is 6. The smallest absolute Gasteiger partial charge is 0.145 e. The second-order valence-corrected chi connectivity index (χ2v) is 14.4. The molecule has 0 aliphatic heterocycles. The predicted molar refractivity (Wildman–Crippen MR) is 237 cm³/mol. The number of nitrogens with zero attached hydrogens (tertiary/aromatic N) is 1. The molecular formula is C54H35NO. The predicted octanol–water partition coefficient (Wildman–Crippen LogP) is 15.5. The molecule has 11 aromatic rings. The molecule has 2 nitrogen and oxygen atoms in total. The van der Waals surface area contributed by atoms with E-state index in [4.69, 9.17) is 4.42 Å². The number of anilines is 3. The van der Waals surface area contributed by atoms with Gasteiger partial charge in [0, 0.05) is 27.8 Å². The van der Waals surface area contributed by atoms with Crippen LogP contribution in [0.25, 0.3) is 87.6 Å². The van der Waals surface area contributed by atoms with Gasteiger partial charge in [-0.2, -0.15) is 0 Å². The topological polar surface area (TPSA) is 16.4 Å². The Morgan fingerprint density at radius 2 is 0.875 bits per heavy atom. The molecule has 1 heterocycles. The van der Waals surface area contributed by atoms with E-state index < -0.39 is 0 Å². The number of hydrogen-bond acceptors (Lipinski definition) is 2. The molecular weight excluding hydrogens is 679 g/mol. The van der Waals surface area contributed by atoms with Crippen molar-refractivity contribution in [3.8, 4) is 33.4 Å². The van der Waals surface area contributed by atoms with Crippen LogP contribution in [0.3, 0.4) is 0 Å². The molecule has 0 radical (unpaired) electrons. The Kier molecular flexibility index (Phi) is 7.53. The molecule has 0 atom stereocenters. The third-order valence-corrected chi connectivity index (χ3v) is 11.2. The first kappa shape index (κ1) is 32.0. The Labute approximate surface area is 325 Å². The van der Waals surface area contributed by atoms with E-state index in [1.165, 1.54) is 32.3 Å². The number of benzene rings is 10. The highest BCUT2D eigenvalue weighted by molar-refractivity contribution is 6.20. The summed E-state index contributed by atoms with van der Waals surface area (Å²) < 4.78 is 6.98. The minimum absolute atomic E-state index is 0.862. The molecule has 0 saturated heterocycles. The van der Waals surface area contributed by atoms with Crippen molar-refractivity contribution in [2.24, 2.45) is 0 Å². The Hall–Kier alpha value is -7.42. The third-order valence-electron chi connectivity index (χ3n) is 11.2. The molecule has 0 bridgehead atoms. The summed E-state index contributed by atoms with van der Waals surface area (Å²) in [5, 5.41) is 9.43. The van der Waals surface area contributed by atoms with Crippen molar-refractivity contribution in [1.29, 1.82) is 0 Å². The molecule has 0 N–H and O–H groups in total. The molecule has 0 aliphatic carbocycles. The third kappa shape index (κ3) is 5.19. The zero-order valence-corrected chi connectivity index (χ0v) is 30.6. The molecule has 0 fully saturated rings. The summed E-state index contributed by atoms with van der Waals surface area (Å²) in [6.45, 7) is 0. The highest BCUT2D eigenvalue weighted by Gasteiger charge is 2.27. The van der Waals surface area contributed by atoms with Gasteiger partial charge in [-0.25, -0.2) is 0 Å². The van der Waals surface area contributed by atoms with Gasteiger partial charge in [0.25, 0.3) is 0 Å². The van der Waals surface area contributed by atoms with Gasteiger partial charge in [0.05, 0.1) is 16.8 Å². The quantitative estimate of drug-likeness (QED) is 0.160. The SMILES string of the molecule is c1ccc(-c2cccc(-c3ccccc3)c2N(c2ccc3ccc4ccccc4c3c2)c2ccc(-c3cccc4ccccc34)c3oc4ccccc4c23)cc1. The minimum atomic E-state index is 0.862. The number of hydrogen-bond donors (Lipinski definition) is 0. The molecule has 0 saturated carbocycles. The lowest BCUT2D eigenvalue weighted by molar-refractivity contribution is 0.670. The maximum absolute atomic E-state index is 6.98. The van der Waals surface area contributed by atoms with Gasteiger partial charge in [0.15, 0.2) is 0 Å². The van der Waals surface area contributed by atoms with Gasteiger partial charge in [0.2, 0.25) is 0 Å². The molecule has 0 amide bonds. The fraction of sp³-hybridized carbons (Fsp3) is 0. The molecule has 0 spiro atoms. The lowest BCUT2D eigenvalue weighted by Crippen LogP contribution is -2.13. The molecule has 11 rings (SSSR count). The first-order valence-electron chi connectivity index (χ1n) is 19.2. The molecule has 0 aliphatic rings. The maximum atomic E-state index is 6.98. The Balaban J connectivity index is 1.29. The van der Waals surface area contributed by atoms with Crippen LogP contribution in [0.2, 0.25) is 0 Å². The minimum Gasteiger partial charge on any atom is -0.455 e. The Morgan fingerprint density at radius 3 is 1.61 bits per heavy atom. The lowest BCUT2D eigenvalue weighted by atomic mass is 9.92. The molecule has 56 heavy (non-hydrogen) atoms. The van der Waals surface area contributed by atoms with Crippen LogP contribution in [-0.2, 0) is 0 Å². The van der Waals surface area contributed by atoms with Crippen molar-refractivity contribution in [3.05, 3.63) is 212 Å². The largest absolute Gasteiger partial charge is 0.455 e. The molecule has 2 heteroatoms. The summed E-state index contributed by atoms with van der Waals surface area (Å²) in [6.07, 6.45) is 0. The van der Waals surface area contributed by atoms with Gasteiger partial charge in [0.1, 0.15) is 11.2 Å². The Morgan fingerprint density at radius 1 is 0.339 bits per heavy atom. The summed E-state index contributed by atoms with van der Waals surface area (Å²) in [7, 11) is 0. The van der Waals surface area contributed by atoms with E-state index in [1.807, 2.05) is 0 Å². The van der Waals surface area contributed by atoms with E-state index in [9.17, 15) is 0 Å². The summed E-state index contributed by atoms with van der Waals surface area (Å²) in [5.41, 5.74) is 11.8. The fourth-order valence-corrected chi connectivity index (χ4v) is 8.67. The highest BCUT2D eigenvalue weighted by Crippen LogP contribution is 2.52. The van der Waals surface area contributed by atoms with Crippen LogP contribution in [0.1, 0.15) is 0 Å². The van der Waals surface area contributed by atoms with Gasteiger partial charge >= 0.3 is 0 Å². The van der Waals surface area contributed by atoms with E-state index in [0.29, 0.717) is 0 Å². The summed E-state index contributed by atoms with van der Waals surface area (Å²) in [4.78, 5) is 2.49. The standard InChI is InChI=1S/C54H35NO/c1-3-15-37(16-4-1)44-25-14-26-45(38-17-5-2-6-18-38)53(44)55(41-32-31-40-30-29-39-20-8-10-23-43(39)49(40)35-41)50-34-33-47(46-27-13-21-36-19-7-9-22-42(36)46)54-52(50)48-24-11-12-28-51(48)56-54/h1-35H. The van der Waals surface area contributed by atoms with Gasteiger partial charge in [-0.15, -0.1) is 0 Å². The average Bonchev–Trinajstić information content (AvgIpc) is 3.67. The van der Waals surface area contributed by atoms with Crippen molar-refractivity contribution in [2.75, 3.05) is 4.90 Å². The fourth-order valence-electron chi connectivity index (χ4n) is 8.67. The van der Waals surface area contributed by atoms with Crippen LogP contribution >= 0.6 is 0 Å². The van der Waals surface area contributed by atoms with Crippen LogP contribution in [0, 0.1) is 0 Å². The molecule has 0 unspecified atom stereocenters. The van der Waals surface area contributed by atoms with Crippen LogP contribution in [-0.4, -0.2) is 0 Å². The first-order valence-corrected chi connectivity index (χ1v) is 19.2. The van der Waals surface area contributed by atoms with E-state index in [-0.39, 0.29) is 0 Å². The lowest BCUT2D eigenvalue weighted by Gasteiger charge is -2.31. The van der Waals surface area contributed by atoms with Gasteiger partial charge in [-0.3, -0.25) is 0 Å². The second kappa shape index (κ2) is 13.2. The second-order valence-electron chi connectivity index (χ2n) is 14.4. The van der Waals surface area contributed by atoms with Crippen molar-refractivity contribution in [1.82, 2.24) is 0 Å². The summed E-state index contributed by atoms with van der Waals surface area (Å²) in [6, 6.07) is 76.5. The van der Waals surface area contributed by atoms with E-state index in [2.05, 4.69) is 217 Å². The van der Waals surface area contributed by atoms with Gasteiger partial charge < -0.3 is 9.32 Å². The zero-order valence-electron chi connectivity index (χ0n) is 30.6. The molecule has 262 valence electrons. The first-order chi connectivity index (χ1) is 27.8. The van der Waals surface area contributed by atoms with Crippen LogP contribution in [0.15, 0.2) is 217 Å². The highest BCUT2D eigenvalue weighted by atomic mass is 16.3. The van der Waals surface area contributed by atoms with Crippen molar-refractivity contribution >= 4 is 71.3 Å². The van der Waals surface area contributed by atoms with Gasteiger partial charge in [-0.05, 0) is 79.3 Å². The average molecular weight is 714 g/mol. The van der Waals surface area contributed by atoms with Crippen molar-refractivity contribution < 1.29 is 4.42 Å². The van der Waals surface area contributed by atoms with Crippen molar-refractivity contribution in [2.45, 2.75) is 0 Å². The summed E-state index contributed by atoms with van der Waals surface area (Å²) >= 11 is 0. The van der Waals surface area contributed by atoms with Crippen LogP contribution < -0.4 is 4.90 Å². The van der Waals surface area contributed by atoms with Crippen molar-refractivity contribution in [3.63, 3.8) is 0 Å². The number of para-hydroxylation sites is 2. The number of fused-ring (bicyclic) bond motifs is 7. The number of furan rings is 1. The van der Waals surface area contributed by atoms with E-state index >= 15 is 0 Å². The zero-order chi connectivity index (χ0) is 37.0. The van der Waals surface area contributed by atoms with Crippen LogP contribution in [0.4, 0.5) is 17.1 Å². The monoisotopic (exact) mass is 713 g/mol. The van der Waals surface area contributed by atoms with E-state index in [0.717, 1.165) is 72.4 Å². The summed E-state index contributed by atoms with van der Waals surface area (Å²) in [5.74, 6) is 0. The maximum Gasteiger partial charge on any atom is 0.145 e. The van der Waals surface area contributed by atoms with E-state index in [1.54, 1.807) is 0 Å². The normalized spacial score (nSPS) is 11.6. The van der Waals surface area contributed by atoms with Crippen LogP contribution in [0.5, 0.6) is 0 Å². The van der Waals surface area contributed by atoms with Gasteiger partial charge in [-0.1, -0.05) is 182 Å².